The van der Waals surface area contributed by atoms with Crippen LogP contribution in [0.2, 0.25) is 0 Å². The Bertz CT molecular complexity index is 1580. The van der Waals surface area contributed by atoms with Crippen molar-refractivity contribution in [1.29, 1.82) is 0 Å². The highest BCUT2D eigenvalue weighted by atomic mass is 16.5. The van der Waals surface area contributed by atoms with Crippen LogP contribution in [0.4, 0.5) is 10.5 Å². The zero-order valence-electron chi connectivity index (χ0n) is 25.1. The number of aliphatic hydroxyl groups excluding tert-OH is 1. The number of nitrogens with zero attached hydrogens (tertiary/aromatic N) is 4. The number of pyridine rings is 1. The number of aromatic nitrogens is 1. The molecule has 9 heteroatoms. The van der Waals surface area contributed by atoms with Gasteiger partial charge >= 0.3 is 6.09 Å². The van der Waals surface area contributed by atoms with Gasteiger partial charge in [0.15, 0.2) is 0 Å². The molecule has 0 saturated carbocycles. The van der Waals surface area contributed by atoms with E-state index >= 15 is 0 Å². The Hall–Kier alpha value is -4.31. The molecule has 2 saturated heterocycles. The molecule has 0 unspecified atom stereocenters. The standard InChI is InChI=1S/C35H39N5O4/c1-44-35(43)40(27-12-6-3-7-13-27)37-34(42)32-29-14-8-9-15-31(29)36-33(25-10-4-2-5-11-25)30(32)24-38-20-16-26(17-21-38)39-22-18-28(41)19-23-39/h2-15,26,28,41H,16-24H2,1H3,(H,37,42). The minimum Gasteiger partial charge on any atom is -0.451 e. The number of piperidine rings is 2. The molecule has 0 bridgehead atoms. The summed E-state index contributed by atoms with van der Waals surface area (Å²) in [5, 5.41) is 11.8. The summed E-state index contributed by atoms with van der Waals surface area (Å²) in [5.74, 6) is -0.410. The van der Waals surface area contributed by atoms with Gasteiger partial charge in [0.05, 0.1) is 35.7 Å². The summed E-state index contributed by atoms with van der Waals surface area (Å²) < 4.78 is 5.04. The van der Waals surface area contributed by atoms with Crippen molar-refractivity contribution >= 4 is 28.6 Å². The second-order valence-corrected chi connectivity index (χ2v) is 11.6. The van der Waals surface area contributed by atoms with Crippen LogP contribution in [0.3, 0.4) is 0 Å². The summed E-state index contributed by atoms with van der Waals surface area (Å²) in [7, 11) is 1.29. The molecule has 9 nitrogen and oxygen atoms in total. The number of amides is 2. The van der Waals surface area contributed by atoms with Crippen molar-refractivity contribution in [1.82, 2.24) is 20.2 Å². The summed E-state index contributed by atoms with van der Waals surface area (Å²) in [6.45, 7) is 4.22. The maximum absolute atomic E-state index is 14.4. The second-order valence-electron chi connectivity index (χ2n) is 11.6. The molecule has 4 aromatic rings. The molecular weight excluding hydrogens is 554 g/mol. The van der Waals surface area contributed by atoms with Gasteiger partial charge in [0.1, 0.15) is 0 Å². The van der Waals surface area contributed by atoms with Crippen molar-refractivity contribution in [3.05, 3.63) is 96.1 Å². The molecule has 0 radical (unpaired) electrons. The van der Waals surface area contributed by atoms with Crippen molar-refractivity contribution in [3.8, 4) is 11.3 Å². The van der Waals surface area contributed by atoms with Gasteiger partial charge in [-0.15, -0.1) is 0 Å². The van der Waals surface area contributed by atoms with Gasteiger partial charge in [-0.3, -0.25) is 15.1 Å². The molecule has 2 fully saturated rings. The van der Waals surface area contributed by atoms with Crippen LogP contribution in [0.25, 0.3) is 22.2 Å². The van der Waals surface area contributed by atoms with E-state index < -0.39 is 12.0 Å². The second kappa shape index (κ2) is 13.5. The Morgan fingerprint density at radius 3 is 2.20 bits per heavy atom. The monoisotopic (exact) mass is 593 g/mol. The van der Waals surface area contributed by atoms with E-state index in [9.17, 15) is 14.7 Å². The first-order valence-electron chi connectivity index (χ1n) is 15.4. The number of aliphatic hydroxyl groups is 1. The molecule has 228 valence electrons. The first-order valence-corrected chi connectivity index (χ1v) is 15.4. The zero-order valence-corrected chi connectivity index (χ0v) is 25.1. The minimum atomic E-state index is -0.694. The molecule has 0 spiro atoms. The lowest BCUT2D eigenvalue weighted by Gasteiger charge is -2.41. The van der Waals surface area contributed by atoms with Crippen LogP contribution in [-0.2, 0) is 11.3 Å². The van der Waals surface area contributed by atoms with Crippen LogP contribution in [0, 0.1) is 0 Å². The predicted molar refractivity (Wildman–Crippen MR) is 171 cm³/mol. The number of carbonyl (C=O) groups is 2. The molecular formula is C35H39N5O4. The van der Waals surface area contributed by atoms with Gasteiger partial charge in [-0.05, 0) is 57.0 Å². The molecule has 1 aromatic heterocycles. The molecule has 2 aliphatic heterocycles. The third kappa shape index (κ3) is 6.45. The van der Waals surface area contributed by atoms with E-state index in [1.807, 2.05) is 60.7 Å². The van der Waals surface area contributed by atoms with E-state index in [2.05, 4.69) is 15.2 Å². The van der Waals surface area contributed by atoms with E-state index in [1.54, 1.807) is 24.3 Å². The molecule has 3 aromatic carbocycles. The average molecular weight is 594 g/mol. The Morgan fingerprint density at radius 2 is 1.52 bits per heavy atom. The largest absolute Gasteiger partial charge is 0.451 e. The van der Waals surface area contributed by atoms with Crippen molar-refractivity contribution in [3.63, 3.8) is 0 Å². The molecule has 44 heavy (non-hydrogen) atoms. The summed E-state index contributed by atoms with van der Waals surface area (Å²) >= 11 is 0. The molecule has 0 atom stereocenters. The predicted octanol–water partition coefficient (Wildman–Crippen LogP) is 5.24. The van der Waals surface area contributed by atoms with Crippen LogP contribution in [-0.4, -0.2) is 77.3 Å². The zero-order chi connectivity index (χ0) is 30.5. The fraction of sp³-hybridized carbons (Fsp3) is 0.343. The lowest BCUT2D eigenvalue weighted by atomic mass is 9.94. The number of carbonyl (C=O) groups excluding carboxylic acids is 2. The minimum absolute atomic E-state index is 0.176. The van der Waals surface area contributed by atoms with Gasteiger partial charge in [-0.2, -0.15) is 5.01 Å². The fourth-order valence-corrected chi connectivity index (χ4v) is 6.46. The van der Waals surface area contributed by atoms with Gasteiger partial charge in [0.25, 0.3) is 5.91 Å². The number of nitrogens with one attached hydrogen (secondary N) is 1. The van der Waals surface area contributed by atoms with Crippen LogP contribution >= 0.6 is 0 Å². The third-order valence-electron chi connectivity index (χ3n) is 8.81. The SMILES string of the molecule is COC(=O)N(NC(=O)c1c(CN2CCC(N3CCC(O)CC3)CC2)c(-c2ccccc2)nc2ccccc12)c1ccccc1. The highest BCUT2D eigenvalue weighted by molar-refractivity contribution is 6.10. The molecule has 2 N–H and O–H groups in total. The van der Waals surface area contributed by atoms with Crippen LogP contribution in [0.5, 0.6) is 0 Å². The first-order chi connectivity index (χ1) is 21.5. The van der Waals surface area contributed by atoms with E-state index in [0.29, 0.717) is 29.4 Å². The first kappa shape index (κ1) is 29.7. The number of hydrazine groups is 1. The highest BCUT2D eigenvalue weighted by Crippen LogP contribution is 2.33. The number of fused-ring (bicyclic) bond motifs is 1. The molecule has 6 rings (SSSR count). The number of methoxy groups -OCH3 is 1. The number of rotatable bonds is 6. The smallest absolute Gasteiger partial charge is 0.433 e. The number of hydrogen-bond donors (Lipinski definition) is 2. The normalized spacial score (nSPS) is 17.0. The van der Waals surface area contributed by atoms with E-state index in [0.717, 1.165) is 79.1 Å². The Morgan fingerprint density at radius 1 is 0.886 bits per heavy atom. The molecule has 2 aliphatic rings. The topological polar surface area (TPSA) is 98.2 Å². The third-order valence-corrected chi connectivity index (χ3v) is 8.81. The van der Waals surface area contributed by atoms with Crippen molar-refractivity contribution < 1.29 is 19.4 Å². The summed E-state index contributed by atoms with van der Waals surface area (Å²) in [5.41, 5.74) is 7.04. The number of likely N-dealkylation sites (tertiary alicyclic amines) is 2. The number of hydrogen-bond acceptors (Lipinski definition) is 7. The maximum atomic E-state index is 14.4. The van der Waals surface area contributed by atoms with Crippen LogP contribution in [0.1, 0.15) is 41.6 Å². The average Bonchev–Trinajstić information content (AvgIpc) is 3.08. The Kier molecular flexibility index (Phi) is 9.16. The fourth-order valence-electron chi connectivity index (χ4n) is 6.46. The van der Waals surface area contributed by atoms with E-state index in [-0.39, 0.29) is 6.10 Å². The number of anilines is 1. The van der Waals surface area contributed by atoms with Crippen molar-refractivity contribution in [2.45, 2.75) is 44.4 Å². The summed E-state index contributed by atoms with van der Waals surface area (Å²) in [4.78, 5) is 37.2. The van der Waals surface area contributed by atoms with Gasteiger partial charge < -0.3 is 14.7 Å². The van der Waals surface area contributed by atoms with Crippen molar-refractivity contribution in [2.24, 2.45) is 0 Å². The lowest BCUT2D eigenvalue weighted by Crippen LogP contribution is -2.48. The number of benzene rings is 3. The molecule has 2 amide bonds. The summed E-state index contributed by atoms with van der Waals surface area (Å²) in [6, 6.07) is 27.0. The Balaban J connectivity index is 1.37. The number of para-hydroxylation sites is 2. The summed E-state index contributed by atoms with van der Waals surface area (Å²) in [6.07, 6.45) is 2.87. The van der Waals surface area contributed by atoms with Crippen LogP contribution in [0.15, 0.2) is 84.9 Å². The maximum Gasteiger partial charge on any atom is 0.433 e. The van der Waals surface area contributed by atoms with Crippen molar-refractivity contribution in [2.75, 3.05) is 38.3 Å². The van der Waals surface area contributed by atoms with Gasteiger partial charge in [0.2, 0.25) is 0 Å². The lowest BCUT2D eigenvalue weighted by molar-refractivity contribution is 0.0375. The van der Waals surface area contributed by atoms with Gasteiger partial charge in [-0.25, -0.2) is 9.78 Å². The quantitative estimate of drug-likeness (QED) is 0.295. The molecule has 3 heterocycles. The Labute approximate surface area is 258 Å². The van der Waals surface area contributed by atoms with E-state index in [1.165, 1.54) is 7.11 Å². The van der Waals surface area contributed by atoms with E-state index in [4.69, 9.17) is 9.72 Å². The van der Waals surface area contributed by atoms with Gasteiger partial charge in [-0.1, -0.05) is 66.7 Å². The van der Waals surface area contributed by atoms with Gasteiger partial charge in [0, 0.05) is 42.2 Å². The highest BCUT2D eigenvalue weighted by Gasteiger charge is 2.30. The molecule has 0 aliphatic carbocycles. The van der Waals surface area contributed by atoms with Crippen LogP contribution < -0.4 is 10.4 Å². The number of ether oxygens (including phenoxy) is 1.